The molecule has 0 aromatic rings. The van der Waals surface area contributed by atoms with Gasteiger partial charge in [0.05, 0.1) is 33.8 Å². The van der Waals surface area contributed by atoms with Crippen molar-refractivity contribution in [2.75, 3.05) is 40.9 Å². The van der Waals surface area contributed by atoms with E-state index in [2.05, 4.69) is 74.7 Å². The highest BCUT2D eigenvalue weighted by molar-refractivity contribution is 7.45. The molecule has 376 valence electrons. The number of ether oxygens (including phenoxy) is 1. The van der Waals surface area contributed by atoms with E-state index in [1.807, 2.05) is 39.4 Å². The standard InChI is InChI=1S/C55H99N2O7P/c1-7-10-13-16-19-22-25-28-31-34-37-40-43-46-53(64-55(59)48-45-42-39-36-33-30-27-24-21-18-15-12-9-3)52(51-63-65(60,61)62-50-49-57(4,5)6)56-54(58)47-44-41-38-35-32-29-26-23-20-17-14-11-8-2/h11,14,17,20,23,26,30,33,39,42-43,46,52-53H,7-10,12-13,15-16,18-19,21-22,24-25,27-29,31-32,34-38,40-41,44-45,47-51H2,1-6H3,(H-,56,58,60,61)/b14-11+,20-17+,26-23-,33-30-,42-39+,46-43+. The Balaban J connectivity index is 5.56. The van der Waals surface area contributed by atoms with E-state index in [0.29, 0.717) is 23.9 Å². The van der Waals surface area contributed by atoms with Crippen molar-refractivity contribution in [1.29, 1.82) is 0 Å². The number of likely N-dealkylation sites (N-methyl/N-ethyl adjacent to an activating group) is 1. The molecule has 0 heterocycles. The Labute approximate surface area is 400 Å². The minimum Gasteiger partial charge on any atom is -0.756 e. The number of allylic oxidation sites excluding steroid dienone is 11. The molecular formula is C55H99N2O7P. The van der Waals surface area contributed by atoms with Gasteiger partial charge in [-0.15, -0.1) is 0 Å². The fourth-order valence-electron chi connectivity index (χ4n) is 7.10. The van der Waals surface area contributed by atoms with Crippen LogP contribution in [0.5, 0.6) is 0 Å². The third-order valence-electron chi connectivity index (χ3n) is 11.2. The summed E-state index contributed by atoms with van der Waals surface area (Å²) in [5.41, 5.74) is 0. The number of hydrogen-bond acceptors (Lipinski definition) is 7. The Bertz CT molecular complexity index is 1350. The van der Waals surface area contributed by atoms with Gasteiger partial charge in [-0.2, -0.15) is 0 Å². The number of esters is 1. The van der Waals surface area contributed by atoms with Crippen LogP contribution in [-0.2, 0) is 27.9 Å². The second-order valence-electron chi connectivity index (χ2n) is 18.7. The fourth-order valence-corrected chi connectivity index (χ4v) is 7.83. The number of quaternary nitrogens is 1. The number of phosphoric acid groups is 1. The van der Waals surface area contributed by atoms with Crippen molar-refractivity contribution < 1.29 is 37.3 Å². The van der Waals surface area contributed by atoms with Gasteiger partial charge in [0.25, 0.3) is 7.82 Å². The molecule has 9 nitrogen and oxygen atoms in total. The lowest BCUT2D eigenvalue weighted by Crippen LogP contribution is -2.47. The van der Waals surface area contributed by atoms with E-state index in [9.17, 15) is 19.0 Å². The third-order valence-corrected chi connectivity index (χ3v) is 12.2. The van der Waals surface area contributed by atoms with Crippen LogP contribution in [0, 0.1) is 0 Å². The topological polar surface area (TPSA) is 114 Å². The average molecular weight is 931 g/mol. The van der Waals surface area contributed by atoms with Crippen LogP contribution < -0.4 is 10.2 Å². The van der Waals surface area contributed by atoms with Crippen LogP contribution in [0.2, 0.25) is 0 Å². The molecule has 10 heteroatoms. The van der Waals surface area contributed by atoms with E-state index >= 15 is 0 Å². The van der Waals surface area contributed by atoms with Gasteiger partial charge in [0, 0.05) is 12.8 Å². The molecule has 0 spiro atoms. The zero-order valence-corrected chi connectivity index (χ0v) is 43.6. The van der Waals surface area contributed by atoms with Crippen LogP contribution in [0.15, 0.2) is 72.9 Å². The van der Waals surface area contributed by atoms with E-state index in [1.165, 1.54) is 96.3 Å². The van der Waals surface area contributed by atoms with Crippen molar-refractivity contribution in [3.05, 3.63) is 72.9 Å². The van der Waals surface area contributed by atoms with E-state index in [-0.39, 0.29) is 25.4 Å². The second-order valence-corrected chi connectivity index (χ2v) is 20.1. The number of unbranched alkanes of at least 4 members (excludes halogenated alkanes) is 22. The summed E-state index contributed by atoms with van der Waals surface area (Å²) >= 11 is 0. The van der Waals surface area contributed by atoms with Gasteiger partial charge < -0.3 is 28.5 Å². The van der Waals surface area contributed by atoms with Gasteiger partial charge in [0.15, 0.2) is 0 Å². The zero-order chi connectivity index (χ0) is 48.0. The lowest BCUT2D eigenvalue weighted by Gasteiger charge is -2.30. The maximum Gasteiger partial charge on any atom is 0.306 e. The summed E-state index contributed by atoms with van der Waals surface area (Å²) in [5.74, 6) is -0.648. The smallest absolute Gasteiger partial charge is 0.306 e. The highest BCUT2D eigenvalue weighted by Gasteiger charge is 2.27. The van der Waals surface area contributed by atoms with Crippen LogP contribution in [-0.4, -0.2) is 69.4 Å². The highest BCUT2D eigenvalue weighted by atomic mass is 31.2. The fraction of sp³-hybridized carbons (Fsp3) is 0.745. The molecule has 0 radical (unpaired) electrons. The van der Waals surface area contributed by atoms with Crippen LogP contribution >= 0.6 is 7.82 Å². The Morgan fingerprint density at radius 2 is 1.06 bits per heavy atom. The van der Waals surface area contributed by atoms with Gasteiger partial charge in [-0.25, -0.2) is 0 Å². The zero-order valence-electron chi connectivity index (χ0n) is 42.7. The molecule has 0 aliphatic carbocycles. The Morgan fingerprint density at radius 1 is 0.569 bits per heavy atom. The average Bonchev–Trinajstić information content (AvgIpc) is 3.26. The predicted octanol–water partition coefficient (Wildman–Crippen LogP) is 14.7. The maximum absolute atomic E-state index is 13.4. The Kier molecular flexibility index (Phi) is 43.5. The molecule has 0 aliphatic rings. The van der Waals surface area contributed by atoms with Crippen molar-refractivity contribution >= 4 is 19.7 Å². The first kappa shape index (κ1) is 62.4. The number of rotatable bonds is 46. The van der Waals surface area contributed by atoms with Gasteiger partial charge in [-0.3, -0.25) is 14.2 Å². The monoisotopic (exact) mass is 931 g/mol. The van der Waals surface area contributed by atoms with Gasteiger partial charge in [-0.1, -0.05) is 203 Å². The summed E-state index contributed by atoms with van der Waals surface area (Å²) in [6.45, 7) is 6.62. The summed E-state index contributed by atoms with van der Waals surface area (Å²) in [6, 6.07) is -0.921. The first-order chi connectivity index (χ1) is 31.4. The highest BCUT2D eigenvalue weighted by Crippen LogP contribution is 2.38. The molecule has 1 N–H and O–H groups in total. The van der Waals surface area contributed by atoms with E-state index in [1.54, 1.807) is 6.08 Å². The van der Waals surface area contributed by atoms with Gasteiger partial charge in [-0.05, 0) is 70.3 Å². The molecule has 3 atom stereocenters. The lowest BCUT2D eigenvalue weighted by molar-refractivity contribution is -0.870. The molecule has 0 bridgehead atoms. The first-order valence-electron chi connectivity index (χ1n) is 26.3. The molecule has 0 saturated carbocycles. The van der Waals surface area contributed by atoms with E-state index in [0.717, 1.165) is 70.6 Å². The summed E-state index contributed by atoms with van der Waals surface area (Å²) in [6.07, 6.45) is 56.0. The minimum atomic E-state index is -4.71. The summed E-state index contributed by atoms with van der Waals surface area (Å²) in [7, 11) is 1.13. The lowest BCUT2D eigenvalue weighted by atomic mass is 10.0. The van der Waals surface area contributed by atoms with Crippen molar-refractivity contribution in [3.63, 3.8) is 0 Å². The van der Waals surface area contributed by atoms with Crippen molar-refractivity contribution in [2.24, 2.45) is 0 Å². The molecule has 0 rings (SSSR count). The van der Waals surface area contributed by atoms with Gasteiger partial charge >= 0.3 is 5.97 Å². The third kappa shape index (κ3) is 46.4. The molecule has 0 fully saturated rings. The van der Waals surface area contributed by atoms with Gasteiger partial charge in [0.1, 0.15) is 19.3 Å². The minimum absolute atomic E-state index is 0.0367. The van der Waals surface area contributed by atoms with Crippen LogP contribution in [0.4, 0.5) is 0 Å². The van der Waals surface area contributed by atoms with Crippen molar-refractivity contribution in [3.8, 4) is 0 Å². The van der Waals surface area contributed by atoms with E-state index < -0.39 is 32.5 Å². The summed E-state index contributed by atoms with van der Waals surface area (Å²) in [4.78, 5) is 39.6. The molecule has 0 aliphatic heterocycles. The molecule has 65 heavy (non-hydrogen) atoms. The molecule has 0 aromatic carbocycles. The van der Waals surface area contributed by atoms with Crippen LogP contribution in [0.25, 0.3) is 0 Å². The summed E-state index contributed by atoms with van der Waals surface area (Å²) < 4.78 is 30.0. The number of carbonyl (C=O) groups is 2. The molecule has 0 saturated heterocycles. The van der Waals surface area contributed by atoms with Crippen molar-refractivity contribution in [2.45, 2.75) is 226 Å². The van der Waals surface area contributed by atoms with Crippen molar-refractivity contribution in [1.82, 2.24) is 5.32 Å². The Morgan fingerprint density at radius 3 is 1.62 bits per heavy atom. The SMILES string of the molecule is CC/C=C/C=C/C=C\CCCCCCCC(=O)NC(COP(=O)([O-])OCC[N+](C)(C)C)C(/C=C/CCCCCCCCCCCCC)OC(=O)CC/C=C/C/C=C\CCCCCCCC. The Hall–Kier alpha value is -2.55. The molecule has 0 aromatic heterocycles. The number of phosphoric ester groups is 1. The van der Waals surface area contributed by atoms with Gasteiger partial charge in [0.2, 0.25) is 5.91 Å². The molecule has 3 unspecified atom stereocenters. The molecular weight excluding hydrogens is 832 g/mol. The predicted molar refractivity (Wildman–Crippen MR) is 275 cm³/mol. The largest absolute Gasteiger partial charge is 0.756 e. The number of hydrogen-bond donors (Lipinski definition) is 1. The quantitative estimate of drug-likeness (QED) is 0.0161. The second kappa shape index (κ2) is 45.2. The number of carbonyl (C=O) groups excluding carboxylic acids is 2. The van der Waals surface area contributed by atoms with Crippen LogP contribution in [0.3, 0.4) is 0 Å². The normalized spacial score (nSPS) is 14.5. The number of nitrogens with zero attached hydrogens (tertiary/aromatic N) is 1. The molecule has 1 amide bonds. The number of nitrogens with one attached hydrogen (secondary N) is 1. The van der Waals surface area contributed by atoms with Crippen LogP contribution in [0.1, 0.15) is 213 Å². The summed E-state index contributed by atoms with van der Waals surface area (Å²) in [5, 5.41) is 2.98. The van der Waals surface area contributed by atoms with E-state index in [4.69, 9.17) is 13.8 Å². The maximum atomic E-state index is 13.4. The number of amides is 1. The first-order valence-corrected chi connectivity index (χ1v) is 27.7.